The van der Waals surface area contributed by atoms with Crippen molar-refractivity contribution in [2.75, 3.05) is 13.7 Å². The molecule has 1 aromatic carbocycles. The number of benzene rings is 1. The molecule has 0 fully saturated rings. The molecule has 1 rings (SSSR count). The molecule has 0 amide bonds. The maximum atomic E-state index is 14.0. The number of hydrogen-bond acceptors (Lipinski definition) is 2. The van der Waals surface area contributed by atoms with Crippen LogP contribution in [0.25, 0.3) is 0 Å². The summed E-state index contributed by atoms with van der Waals surface area (Å²) in [5.41, 5.74) is 1.79. The zero-order chi connectivity index (χ0) is 13.5. The van der Waals surface area contributed by atoms with Crippen LogP contribution in [0.1, 0.15) is 38.3 Å². The first kappa shape index (κ1) is 14.7. The summed E-state index contributed by atoms with van der Waals surface area (Å²) in [6, 6.07) is 4.98. The molecule has 3 heteroatoms. The van der Waals surface area contributed by atoms with Crippen molar-refractivity contribution in [2.24, 2.45) is 0 Å². The van der Waals surface area contributed by atoms with E-state index in [0.29, 0.717) is 11.3 Å². The van der Waals surface area contributed by atoms with Crippen molar-refractivity contribution < 1.29 is 9.13 Å². The molecule has 0 aromatic heterocycles. The lowest BCUT2D eigenvalue weighted by Crippen LogP contribution is -2.22. The molecule has 0 aliphatic carbocycles. The molecule has 100 valence electrons. The van der Waals surface area contributed by atoms with Gasteiger partial charge in [0, 0.05) is 17.7 Å². The fourth-order valence-corrected chi connectivity index (χ4v) is 1.89. The van der Waals surface area contributed by atoms with E-state index in [1.165, 1.54) is 13.2 Å². The van der Waals surface area contributed by atoms with Gasteiger partial charge in [0.25, 0.3) is 0 Å². The van der Waals surface area contributed by atoms with Crippen LogP contribution in [0.3, 0.4) is 0 Å². The maximum absolute atomic E-state index is 14.0. The molecule has 1 aromatic rings. The van der Waals surface area contributed by atoms with Gasteiger partial charge in [-0.15, -0.1) is 0 Å². The molecule has 1 unspecified atom stereocenters. The Balaban J connectivity index is 2.94. The van der Waals surface area contributed by atoms with Gasteiger partial charge in [0.05, 0.1) is 7.11 Å². The number of rotatable bonds is 7. The first-order valence-electron chi connectivity index (χ1n) is 6.35. The number of nitrogens with one attached hydrogen (secondary N) is 1. The lowest BCUT2D eigenvalue weighted by Gasteiger charge is -2.20. The normalized spacial score (nSPS) is 12.2. The standard InChI is InChI=1S/C15H22FNO/c1-5-11(3)9-15(17-6-2)13-8-7-12(18-4)10-14(13)16/h7-8,10,15,17H,3,5-6,9H2,1-2,4H3. The average Bonchev–Trinajstić information content (AvgIpc) is 2.38. The van der Waals surface area contributed by atoms with E-state index in [-0.39, 0.29) is 11.9 Å². The fraction of sp³-hybridized carbons (Fsp3) is 0.467. The zero-order valence-corrected chi connectivity index (χ0v) is 11.4. The molecule has 0 aliphatic heterocycles. The van der Waals surface area contributed by atoms with Crippen LogP contribution in [0, 0.1) is 5.82 Å². The van der Waals surface area contributed by atoms with Gasteiger partial charge in [0.15, 0.2) is 0 Å². The van der Waals surface area contributed by atoms with Crippen LogP contribution in [0.15, 0.2) is 30.4 Å². The van der Waals surface area contributed by atoms with E-state index in [4.69, 9.17) is 4.74 Å². The maximum Gasteiger partial charge on any atom is 0.131 e. The second-order valence-corrected chi connectivity index (χ2v) is 4.31. The van der Waals surface area contributed by atoms with Gasteiger partial charge >= 0.3 is 0 Å². The first-order chi connectivity index (χ1) is 8.62. The van der Waals surface area contributed by atoms with Gasteiger partial charge in [-0.25, -0.2) is 4.39 Å². The van der Waals surface area contributed by atoms with Crippen molar-refractivity contribution >= 4 is 0 Å². The van der Waals surface area contributed by atoms with Crippen LogP contribution in [-0.2, 0) is 0 Å². The summed E-state index contributed by atoms with van der Waals surface area (Å²) in [4.78, 5) is 0. The molecule has 0 heterocycles. The third-order valence-corrected chi connectivity index (χ3v) is 3.03. The van der Waals surface area contributed by atoms with Crippen LogP contribution < -0.4 is 10.1 Å². The highest BCUT2D eigenvalue weighted by molar-refractivity contribution is 5.31. The van der Waals surface area contributed by atoms with E-state index < -0.39 is 0 Å². The minimum absolute atomic E-state index is 0.0200. The highest BCUT2D eigenvalue weighted by atomic mass is 19.1. The minimum atomic E-state index is -0.232. The Kier molecular flexibility index (Phi) is 5.86. The highest BCUT2D eigenvalue weighted by Gasteiger charge is 2.16. The number of methoxy groups -OCH3 is 1. The summed E-state index contributed by atoms with van der Waals surface area (Å²) in [6.45, 7) is 8.88. The largest absolute Gasteiger partial charge is 0.497 e. The predicted molar refractivity (Wildman–Crippen MR) is 73.4 cm³/mol. The molecular formula is C15H22FNO. The monoisotopic (exact) mass is 251 g/mol. The fourth-order valence-electron chi connectivity index (χ4n) is 1.89. The summed E-state index contributed by atoms with van der Waals surface area (Å²) in [5.74, 6) is 0.310. The first-order valence-corrected chi connectivity index (χ1v) is 6.35. The van der Waals surface area contributed by atoms with Crippen molar-refractivity contribution in [3.8, 4) is 5.75 Å². The Morgan fingerprint density at radius 3 is 2.67 bits per heavy atom. The van der Waals surface area contributed by atoms with E-state index in [2.05, 4.69) is 18.8 Å². The van der Waals surface area contributed by atoms with Gasteiger partial charge < -0.3 is 10.1 Å². The van der Waals surface area contributed by atoms with Gasteiger partial charge in [0.2, 0.25) is 0 Å². The van der Waals surface area contributed by atoms with E-state index >= 15 is 0 Å². The molecule has 2 nitrogen and oxygen atoms in total. The van der Waals surface area contributed by atoms with Crippen LogP contribution in [0.2, 0.25) is 0 Å². The summed E-state index contributed by atoms with van der Waals surface area (Å²) >= 11 is 0. The predicted octanol–water partition coefficient (Wildman–Crippen LogP) is 3.84. The summed E-state index contributed by atoms with van der Waals surface area (Å²) < 4.78 is 19.0. The van der Waals surface area contributed by atoms with E-state index in [0.717, 1.165) is 25.0 Å². The lowest BCUT2D eigenvalue weighted by molar-refractivity contribution is 0.409. The Labute approximate surface area is 109 Å². The Morgan fingerprint density at radius 1 is 1.44 bits per heavy atom. The molecule has 0 spiro atoms. The van der Waals surface area contributed by atoms with Crippen molar-refractivity contribution in [3.05, 3.63) is 41.7 Å². The Bertz CT molecular complexity index is 403. The molecular weight excluding hydrogens is 229 g/mol. The van der Waals surface area contributed by atoms with Crippen molar-refractivity contribution in [1.29, 1.82) is 0 Å². The second kappa shape index (κ2) is 7.17. The third-order valence-electron chi connectivity index (χ3n) is 3.03. The van der Waals surface area contributed by atoms with Crippen molar-refractivity contribution in [2.45, 2.75) is 32.7 Å². The quantitative estimate of drug-likeness (QED) is 0.743. The number of halogens is 1. The zero-order valence-electron chi connectivity index (χ0n) is 11.4. The van der Waals surface area contributed by atoms with Gasteiger partial charge in [-0.1, -0.05) is 32.1 Å². The minimum Gasteiger partial charge on any atom is -0.497 e. The van der Waals surface area contributed by atoms with E-state index in [1.807, 2.05) is 6.92 Å². The smallest absolute Gasteiger partial charge is 0.131 e. The molecule has 0 saturated carbocycles. The van der Waals surface area contributed by atoms with Crippen LogP contribution in [0.4, 0.5) is 4.39 Å². The van der Waals surface area contributed by atoms with Crippen LogP contribution in [0.5, 0.6) is 5.75 Å². The summed E-state index contributed by atoms with van der Waals surface area (Å²) in [7, 11) is 1.54. The number of ether oxygens (including phenoxy) is 1. The summed E-state index contributed by atoms with van der Waals surface area (Å²) in [6.07, 6.45) is 1.67. The van der Waals surface area contributed by atoms with Gasteiger partial charge in [-0.3, -0.25) is 0 Å². The molecule has 0 aliphatic rings. The van der Waals surface area contributed by atoms with Crippen molar-refractivity contribution in [3.63, 3.8) is 0 Å². The number of hydrogen-bond donors (Lipinski definition) is 1. The molecule has 0 radical (unpaired) electrons. The molecule has 0 bridgehead atoms. The molecule has 1 N–H and O–H groups in total. The van der Waals surface area contributed by atoms with E-state index in [1.54, 1.807) is 12.1 Å². The van der Waals surface area contributed by atoms with Gasteiger partial charge in [0.1, 0.15) is 11.6 Å². The molecule has 1 atom stereocenters. The average molecular weight is 251 g/mol. The Hall–Kier alpha value is -1.35. The lowest BCUT2D eigenvalue weighted by atomic mass is 9.98. The van der Waals surface area contributed by atoms with Gasteiger partial charge in [-0.2, -0.15) is 0 Å². The molecule has 18 heavy (non-hydrogen) atoms. The summed E-state index contributed by atoms with van der Waals surface area (Å²) in [5, 5.41) is 3.30. The van der Waals surface area contributed by atoms with Gasteiger partial charge in [-0.05, 0) is 25.5 Å². The third kappa shape index (κ3) is 3.84. The van der Waals surface area contributed by atoms with Crippen LogP contribution in [-0.4, -0.2) is 13.7 Å². The Morgan fingerprint density at radius 2 is 2.17 bits per heavy atom. The SMILES string of the molecule is C=C(CC)CC(NCC)c1ccc(OC)cc1F. The second-order valence-electron chi connectivity index (χ2n) is 4.31. The topological polar surface area (TPSA) is 21.3 Å². The van der Waals surface area contributed by atoms with E-state index in [9.17, 15) is 4.39 Å². The van der Waals surface area contributed by atoms with Crippen molar-refractivity contribution in [1.82, 2.24) is 5.32 Å². The highest BCUT2D eigenvalue weighted by Crippen LogP contribution is 2.26. The van der Waals surface area contributed by atoms with Crippen LogP contribution >= 0.6 is 0 Å². The molecule has 0 saturated heterocycles.